The second-order valence-electron chi connectivity index (χ2n) is 6.97. The van der Waals surface area contributed by atoms with Crippen molar-refractivity contribution >= 4 is 33.8 Å². The van der Waals surface area contributed by atoms with Crippen LogP contribution >= 0.6 is 15.9 Å². The van der Waals surface area contributed by atoms with Gasteiger partial charge in [0.2, 0.25) is 0 Å². The second-order valence-corrected chi connectivity index (χ2v) is 7.89. The minimum atomic E-state index is -0.367. The van der Waals surface area contributed by atoms with Crippen LogP contribution in [0, 0.1) is 0 Å². The minimum Gasteiger partial charge on any atom is -0.496 e. The van der Waals surface area contributed by atoms with Crippen LogP contribution in [0.3, 0.4) is 0 Å². The van der Waals surface area contributed by atoms with Crippen LogP contribution in [0.4, 0.5) is 0 Å². The van der Waals surface area contributed by atoms with Gasteiger partial charge >= 0.3 is 0 Å². The molecular formula is C23H25BrN2O3. The molecule has 0 aliphatic carbocycles. The van der Waals surface area contributed by atoms with Crippen molar-refractivity contribution < 1.29 is 14.3 Å². The van der Waals surface area contributed by atoms with Crippen molar-refractivity contribution in [2.45, 2.75) is 25.7 Å². The monoisotopic (exact) mass is 456 g/mol. The van der Waals surface area contributed by atoms with E-state index in [0.29, 0.717) is 24.4 Å². The molecule has 2 aromatic carbocycles. The fraction of sp³-hybridized carbons (Fsp3) is 0.304. The molecule has 29 heavy (non-hydrogen) atoms. The maximum Gasteiger partial charge on any atom is 0.270 e. The zero-order chi connectivity index (χ0) is 20.6. The smallest absolute Gasteiger partial charge is 0.270 e. The number of nitrogens with zero attached hydrogens (tertiary/aromatic N) is 1. The van der Waals surface area contributed by atoms with E-state index in [0.717, 1.165) is 35.7 Å². The fourth-order valence-corrected chi connectivity index (χ4v) is 3.61. The molecule has 0 spiro atoms. The van der Waals surface area contributed by atoms with Crippen molar-refractivity contribution in [2.75, 3.05) is 20.2 Å². The number of ether oxygens (including phenoxy) is 1. The van der Waals surface area contributed by atoms with Crippen molar-refractivity contribution in [3.8, 4) is 5.75 Å². The summed E-state index contributed by atoms with van der Waals surface area (Å²) in [6.07, 6.45) is 5.95. The molecule has 1 saturated heterocycles. The molecule has 0 aromatic heterocycles. The van der Waals surface area contributed by atoms with Gasteiger partial charge in [0.15, 0.2) is 0 Å². The lowest BCUT2D eigenvalue weighted by Gasteiger charge is -2.22. The molecule has 2 amide bonds. The fourth-order valence-electron chi connectivity index (χ4n) is 3.34. The van der Waals surface area contributed by atoms with Gasteiger partial charge in [-0.05, 0) is 48.7 Å². The molecular weight excluding hydrogens is 432 g/mol. The van der Waals surface area contributed by atoms with Crippen molar-refractivity contribution in [3.05, 3.63) is 69.8 Å². The van der Waals surface area contributed by atoms with Crippen LogP contribution in [-0.2, 0) is 4.79 Å². The van der Waals surface area contributed by atoms with Crippen molar-refractivity contribution in [1.29, 1.82) is 0 Å². The average Bonchev–Trinajstić information content (AvgIpc) is 3.03. The van der Waals surface area contributed by atoms with E-state index in [2.05, 4.69) is 21.2 Å². The molecule has 0 bridgehead atoms. The van der Waals surface area contributed by atoms with Gasteiger partial charge in [-0.15, -0.1) is 0 Å². The predicted molar refractivity (Wildman–Crippen MR) is 118 cm³/mol. The van der Waals surface area contributed by atoms with Gasteiger partial charge in [0.25, 0.3) is 11.8 Å². The van der Waals surface area contributed by atoms with Crippen molar-refractivity contribution in [3.63, 3.8) is 0 Å². The molecule has 3 rings (SSSR count). The standard InChI is InChI=1S/C23H25BrN2O3/c1-29-21-9-5-4-8-19(21)22(27)25-20(16-17-10-12-18(24)13-11-17)23(28)26-14-6-2-3-7-15-26/h4-5,8-13,16H,2-3,6-7,14-15H2,1H3,(H,25,27)/b20-16+. The normalized spacial score (nSPS) is 14.8. The van der Waals surface area contributed by atoms with E-state index in [1.54, 1.807) is 30.3 Å². The van der Waals surface area contributed by atoms with E-state index in [9.17, 15) is 9.59 Å². The highest BCUT2D eigenvalue weighted by molar-refractivity contribution is 9.10. The van der Waals surface area contributed by atoms with Gasteiger partial charge in [0, 0.05) is 17.6 Å². The zero-order valence-electron chi connectivity index (χ0n) is 16.5. The number of hydrogen-bond donors (Lipinski definition) is 1. The third-order valence-electron chi connectivity index (χ3n) is 4.90. The quantitative estimate of drug-likeness (QED) is 0.667. The van der Waals surface area contributed by atoms with Gasteiger partial charge in [-0.3, -0.25) is 9.59 Å². The van der Waals surface area contributed by atoms with Gasteiger partial charge < -0.3 is 15.0 Å². The van der Waals surface area contributed by atoms with Crippen LogP contribution in [0.2, 0.25) is 0 Å². The van der Waals surface area contributed by atoms with Gasteiger partial charge in [0.05, 0.1) is 12.7 Å². The molecule has 1 aliphatic heterocycles. The molecule has 0 saturated carbocycles. The van der Waals surface area contributed by atoms with Crippen molar-refractivity contribution in [1.82, 2.24) is 10.2 Å². The Hall–Kier alpha value is -2.60. The number of amides is 2. The molecule has 2 aromatic rings. The number of rotatable bonds is 5. The number of para-hydroxylation sites is 1. The van der Waals surface area contributed by atoms with Crippen LogP contribution in [0.1, 0.15) is 41.6 Å². The maximum atomic E-state index is 13.2. The number of carbonyl (C=O) groups excluding carboxylic acids is 2. The van der Waals surface area contributed by atoms with Crippen LogP contribution in [-0.4, -0.2) is 36.9 Å². The zero-order valence-corrected chi connectivity index (χ0v) is 18.1. The van der Waals surface area contributed by atoms with E-state index < -0.39 is 0 Å². The average molecular weight is 457 g/mol. The minimum absolute atomic E-state index is 0.155. The molecule has 0 unspecified atom stereocenters. The summed E-state index contributed by atoms with van der Waals surface area (Å²) in [5.41, 5.74) is 1.50. The van der Waals surface area contributed by atoms with E-state index in [1.165, 1.54) is 7.11 Å². The molecule has 1 N–H and O–H groups in total. The Morgan fingerprint density at radius 2 is 1.66 bits per heavy atom. The highest BCUT2D eigenvalue weighted by Gasteiger charge is 2.22. The molecule has 6 heteroatoms. The lowest BCUT2D eigenvalue weighted by Crippen LogP contribution is -2.39. The SMILES string of the molecule is COc1ccccc1C(=O)N/C(=C/c1ccc(Br)cc1)C(=O)N1CCCCCC1. The number of carbonyl (C=O) groups is 2. The molecule has 0 radical (unpaired) electrons. The molecule has 0 atom stereocenters. The summed E-state index contributed by atoms with van der Waals surface area (Å²) in [6, 6.07) is 14.6. The van der Waals surface area contributed by atoms with Crippen LogP contribution in [0.15, 0.2) is 58.7 Å². The topological polar surface area (TPSA) is 58.6 Å². The Morgan fingerprint density at radius 3 is 2.31 bits per heavy atom. The maximum absolute atomic E-state index is 13.2. The summed E-state index contributed by atoms with van der Waals surface area (Å²) >= 11 is 3.42. The summed E-state index contributed by atoms with van der Waals surface area (Å²) in [6.45, 7) is 1.42. The Morgan fingerprint density at radius 1 is 1.00 bits per heavy atom. The number of halogens is 1. The number of benzene rings is 2. The number of hydrogen-bond acceptors (Lipinski definition) is 3. The van der Waals surface area contributed by atoms with Gasteiger partial charge in [-0.1, -0.05) is 53.0 Å². The number of likely N-dealkylation sites (tertiary alicyclic amines) is 1. The van der Waals surface area contributed by atoms with E-state index >= 15 is 0 Å². The predicted octanol–water partition coefficient (Wildman–Crippen LogP) is 4.63. The first-order valence-electron chi connectivity index (χ1n) is 9.79. The Labute approximate surface area is 179 Å². The van der Waals surface area contributed by atoms with E-state index in [4.69, 9.17) is 4.74 Å². The van der Waals surface area contributed by atoms with E-state index in [1.807, 2.05) is 29.2 Å². The molecule has 1 aliphatic rings. The van der Waals surface area contributed by atoms with Crippen LogP contribution in [0.25, 0.3) is 6.08 Å². The van der Waals surface area contributed by atoms with Crippen LogP contribution in [0.5, 0.6) is 5.75 Å². The molecule has 152 valence electrons. The Kier molecular flexibility index (Phi) is 7.47. The first kappa shape index (κ1) is 21.1. The highest BCUT2D eigenvalue weighted by Crippen LogP contribution is 2.19. The third-order valence-corrected chi connectivity index (χ3v) is 5.43. The number of nitrogens with one attached hydrogen (secondary N) is 1. The largest absolute Gasteiger partial charge is 0.496 e. The molecule has 1 heterocycles. The summed E-state index contributed by atoms with van der Waals surface area (Å²) < 4.78 is 6.24. The molecule has 5 nitrogen and oxygen atoms in total. The van der Waals surface area contributed by atoms with Gasteiger partial charge in [-0.25, -0.2) is 0 Å². The summed E-state index contributed by atoms with van der Waals surface area (Å²) in [4.78, 5) is 28.0. The summed E-state index contributed by atoms with van der Waals surface area (Å²) in [7, 11) is 1.52. The van der Waals surface area contributed by atoms with Crippen LogP contribution < -0.4 is 10.1 Å². The lowest BCUT2D eigenvalue weighted by molar-refractivity contribution is -0.127. The second kappa shape index (κ2) is 10.3. The van der Waals surface area contributed by atoms with Gasteiger partial charge in [-0.2, -0.15) is 0 Å². The van der Waals surface area contributed by atoms with Gasteiger partial charge in [0.1, 0.15) is 11.4 Å². The Bertz CT molecular complexity index is 885. The third kappa shape index (κ3) is 5.70. The summed E-state index contributed by atoms with van der Waals surface area (Å²) in [5.74, 6) is -0.0535. The summed E-state index contributed by atoms with van der Waals surface area (Å²) in [5, 5.41) is 2.83. The highest BCUT2D eigenvalue weighted by atomic mass is 79.9. The first-order valence-corrected chi connectivity index (χ1v) is 10.6. The molecule has 1 fully saturated rings. The lowest BCUT2D eigenvalue weighted by atomic mass is 10.1. The first-order chi connectivity index (χ1) is 14.1. The number of methoxy groups -OCH3 is 1. The Balaban J connectivity index is 1.90. The van der Waals surface area contributed by atoms with Crippen molar-refractivity contribution in [2.24, 2.45) is 0 Å². The van der Waals surface area contributed by atoms with E-state index in [-0.39, 0.29) is 17.5 Å².